The highest BCUT2D eigenvalue weighted by molar-refractivity contribution is 7.07. The van der Waals surface area contributed by atoms with Gasteiger partial charge < -0.3 is 15.7 Å². The Morgan fingerprint density at radius 1 is 1.17 bits per heavy atom. The van der Waals surface area contributed by atoms with Crippen LogP contribution >= 0.6 is 11.3 Å². The Morgan fingerprint density at radius 3 is 2.65 bits per heavy atom. The highest BCUT2D eigenvalue weighted by atomic mass is 32.1. The summed E-state index contributed by atoms with van der Waals surface area (Å²) in [6, 6.07) is 12.0. The summed E-state index contributed by atoms with van der Waals surface area (Å²) in [5, 5.41) is 19.9. The standard InChI is InChI=1S/C18H24N2O2S/c1-18(22,12-16-9-11-23-13-16)14-20-17(21)19-10-5-8-15-6-3-2-4-7-15/h2-4,6-7,9,11,13,22H,5,8,10,12,14H2,1H3,(H2,19,20,21). The SMILES string of the molecule is CC(O)(CNC(=O)NCCCc1ccccc1)Cc1ccsc1. The molecular formula is C18H24N2O2S. The molecule has 0 saturated heterocycles. The Balaban J connectivity index is 1.61. The molecule has 0 aliphatic carbocycles. The molecule has 2 rings (SSSR count). The van der Waals surface area contributed by atoms with E-state index in [9.17, 15) is 9.90 Å². The van der Waals surface area contributed by atoms with Crippen molar-refractivity contribution in [2.45, 2.75) is 31.8 Å². The van der Waals surface area contributed by atoms with Crippen molar-refractivity contribution < 1.29 is 9.90 Å². The lowest BCUT2D eigenvalue weighted by atomic mass is 9.98. The van der Waals surface area contributed by atoms with Crippen molar-refractivity contribution in [2.24, 2.45) is 0 Å². The molecule has 1 aromatic carbocycles. The van der Waals surface area contributed by atoms with E-state index in [-0.39, 0.29) is 12.6 Å². The number of carbonyl (C=O) groups is 1. The first-order valence-corrected chi connectivity index (χ1v) is 8.78. The van der Waals surface area contributed by atoms with E-state index in [1.54, 1.807) is 18.3 Å². The van der Waals surface area contributed by atoms with Gasteiger partial charge in [-0.25, -0.2) is 4.79 Å². The zero-order chi connectivity index (χ0) is 16.5. The maximum absolute atomic E-state index is 11.8. The van der Waals surface area contributed by atoms with Crippen LogP contribution in [0.4, 0.5) is 4.79 Å². The first-order valence-electron chi connectivity index (χ1n) is 7.84. The number of amides is 2. The molecule has 2 amide bonds. The summed E-state index contributed by atoms with van der Waals surface area (Å²) in [5.74, 6) is 0. The predicted molar refractivity (Wildman–Crippen MR) is 94.8 cm³/mol. The van der Waals surface area contributed by atoms with E-state index in [0.717, 1.165) is 18.4 Å². The summed E-state index contributed by atoms with van der Waals surface area (Å²) in [4.78, 5) is 11.8. The van der Waals surface area contributed by atoms with Crippen LogP contribution in [0.1, 0.15) is 24.5 Å². The van der Waals surface area contributed by atoms with E-state index in [2.05, 4.69) is 22.8 Å². The molecule has 0 aliphatic heterocycles. The third-order valence-electron chi connectivity index (χ3n) is 3.57. The van der Waals surface area contributed by atoms with E-state index >= 15 is 0 Å². The topological polar surface area (TPSA) is 61.4 Å². The minimum absolute atomic E-state index is 0.230. The third kappa shape index (κ3) is 6.84. The number of benzene rings is 1. The van der Waals surface area contributed by atoms with Crippen molar-refractivity contribution in [3.63, 3.8) is 0 Å². The highest BCUT2D eigenvalue weighted by Crippen LogP contribution is 2.15. The second-order valence-corrected chi connectivity index (χ2v) is 6.78. The number of aliphatic hydroxyl groups is 1. The molecule has 5 heteroatoms. The molecule has 0 radical (unpaired) electrons. The van der Waals surface area contributed by atoms with Crippen molar-refractivity contribution in [2.75, 3.05) is 13.1 Å². The molecule has 23 heavy (non-hydrogen) atoms. The van der Waals surface area contributed by atoms with Gasteiger partial charge in [0.2, 0.25) is 0 Å². The maximum atomic E-state index is 11.8. The number of urea groups is 1. The van der Waals surface area contributed by atoms with Crippen LogP contribution in [0.3, 0.4) is 0 Å². The van der Waals surface area contributed by atoms with Crippen molar-refractivity contribution in [3.05, 3.63) is 58.3 Å². The number of nitrogens with one attached hydrogen (secondary N) is 2. The zero-order valence-corrected chi connectivity index (χ0v) is 14.2. The van der Waals surface area contributed by atoms with Gasteiger partial charge in [0.05, 0.1) is 5.60 Å². The first kappa shape index (κ1) is 17.5. The Hall–Kier alpha value is -1.85. The lowest BCUT2D eigenvalue weighted by Gasteiger charge is -2.23. The molecule has 1 heterocycles. The molecule has 1 unspecified atom stereocenters. The summed E-state index contributed by atoms with van der Waals surface area (Å²) >= 11 is 1.61. The summed E-state index contributed by atoms with van der Waals surface area (Å²) in [7, 11) is 0. The average Bonchev–Trinajstić information content (AvgIpc) is 3.03. The Bertz CT molecular complexity index is 582. The highest BCUT2D eigenvalue weighted by Gasteiger charge is 2.21. The van der Waals surface area contributed by atoms with Crippen molar-refractivity contribution in [3.8, 4) is 0 Å². The first-order chi connectivity index (χ1) is 11.1. The fraction of sp³-hybridized carbons (Fsp3) is 0.389. The van der Waals surface area contributed by atoms with Gasteiger partial charge in [-0.15, -0.1) is 0 Å². The van der Waals surface area contributed by atoms with Gasteiger partial charge in [-0.1, -0.05) is 30.3 Å². The van der Waals surface area contributed by atoms with Gasteiger partial charge in [-0.3, -0.25) is 0 Å². The number of carbonyl (C=O) groups excluding carboxylic acids is 1. The Kier molecular flexibility index (Phi) is 6.62. The van der Waals surface area contributed by atoms with Crippen LogP contribution in [0.2, 0.25) is 0 Å². The molecule has 2 aromatic rings. The van der Waals surface area contributed by atoms with Gasteiger partial charge in [-0.05, 0) is 47.7 Å². The second kappa shape index (κ2) is 8.70. The fourth-order valence-corrected chi connectivity index (χ4v) is 3.04. The molecule has 4 nitrogen and oxygen atoms in total. The van der Waals surface area contributed by atoms with E-state index < -0.39 is 5.60 Å². The lowest BCUT2D eigenvalue weighted by Crippen LogP contribution is -2.46. The number of hydrogen-bond acceptors (Lipinski definition) is 3. The number of rotatable bonds is 8. The van der Waals surface area contributed by atoms with Crippen LogP contribution < -0.4 is 10.6 Å². The summed E-state index contributed by atoms with van der Waals surface area (Å²) in [6.45, 7) is 2.58. The van der Waals surface area contributed by atoms with Crippen molar-refractivity contribution in [1.82, 2.24) is 10.6 Å². The van der Waals surface area contributed by atoms with Gasteiger partial charge in [0.15, 0.2) is 0 Å². The Morgan fingerprint density at radius 2 is 1.96 bits per heavy atom. The van der Waals surface area contributed by atoms with Crippen molar-refractivity contribution >= 4 is 17.4 Å². The second-order valence-electron chi connectivity index (χ2n) is 6.00. The van der Waals surface area contributed by atoms with E-state index in [1.807, 2.05) is 35.0 Å². The molecule has 0 saturated carbocycles. The summed E-state index contributed by atoms with van der Waals surface area (Å²) < 4.78 is 0. The molecule has 0 spiro atoms. The van der Waals surface area contributed by atoms with Crippen LogP contribution in [0.5, 0.6) is 0 Å². The molecule has 1 atom stereocenters. The molecule has 1 aromatic heterocycles. The lowest BCUT2D eigenvalue weighted by molar-refractivity contribution is 0.0625. The Labute approximate surface area is 141 Å². The van der Waals surface area contributed by atoms with Crippen molar-refractivity contribution in [1.29, 1.82) is 0 Å². The largest absolute Gasteiger partial charge is 0.388 e. The summed E-state index contributed by atoms with van der Waals surface area (Å²) in [5.41, 5.74) is 1.42. The van der Waals surface area contributed by atoms with Crippen LogP contribution in [0.25, 0.3) is 0 Å². The van der Waals surface area contributed by atoms with Crippen LogP contribution in [-0.4, -0.2) is 29.8 Å². The van der Waals surface area contributed by atoms with Gasteiger partial charge in [-0.2, -0.15) is 11.3 Å². The minimum atomic E-state index is -0.942. The van der Waals surface area contributed by atoms with Crippen LogP contribution in [0, 0.1) is 0 Å². The van der Waals surface area contributed by atoms with Gasteiger partial charge in [0.1, 0.15) is 0 Å². The van der Waals surface area contributed by atoms with Crippen LogP contribution in [-0.2, 0) is 12.8 Å². The van der Waals surface area contributed by atoms with E-state index in [4.69, 9.17) is 0 Å². The number of hydrogen-bond donors (Lipinski definition) is 3. The molecular weight excluding hydrogens is 308 g/mol. The summed E-state index contributed by atoms with van der Waals surface area (Å²) in [6.07, 6.45) is 2.37. The van der Waals surface area contributed by atoms with Gasteiger partial charge in [0.25, 0.3) is 0 Å². The van der Waals surface area contributed by atoms with Gasteiger partial charge >= 0.3 is 6.03 Å². The fourth-order valence-electron chi connectivity index (χ4n) is 2.37. The molecule has 0 aliphatic rings. The maximum Gasteiger partial charge on any atom is 0.314 e. The van der Waals surface area contributed by atoms with E-state index in [1.165, 1.54) is 5.56 Å². The number of thiophene rings is 1. The molecule has 0 fully saturated rings. The molecule has 0 bridgehead atoms. The van der Waals surface area contributed by atoms with E-state index in [0.29, 0.717) is 13.0 Å². The smallest absolute Gasteiger partial charge is 0.314 e. The quantitative estimate of drug-likeness (QED) is 0.651. The molecule has 124 valence electrons. The monoisotopic (exact) mass is 332 g/mol. The van der Waals surface area contributed by atoms with Gasteiger partial charge in [0, 0.05) is 19.5 Å². The number of aryl methyl sites for hydroxylation is 1. The predicted octanol–water partition coefficient (Wildman–Crippen LogP) is 2.97. The zero-order valence-electron chi connectivity index (χ0n) is 13.4. The molecule has 3 N–H and O–H groups in total. The minimum Gasteiger partial charge on any atom is -0.388 e. The van der Waals surface area contributed by atoms with Crippen LogP contribution in [0.15, 0.2) is 47.2 Å². The normalized spacial score (nSPS) is 13.3. The third-order valence-corrected chi connectivity index (χ3v) is 4.30. The average molecular weight is 332 g/mol.